The molecule has 0 aliphatic heterocycles. The zero-order valence-electron chi connectivity index (χ0n) is 20.4. The minimum atomic E-state index is -0.207. The Balaban J connectivity index is -0.00000392. The zero-order valence-corrected chi connectivity index (χ0v) is 24.4. The maximum absolute atomic E-state index is 10.3. The van der Waals surface area contributed by atoms with Crippen LogP contribution in [-0.2, 0) is 23.7 Å². The Morgan fingerprint density at radius 2 is 0.581 bits per heavy atom. The molecule has 7 nitrogen and oxygen atoms in total. The molecule has 0 unspecified atom stereocenters. The number of rotatable bonds is 26. The van der Waals surface area contributed by atoms with E-state index in [4.69, 9.17) is 23.7 Å². The van der Waals surface area contributed by atoms with Gasteiger partial charge in [-0.1, -0.05) is 57.8 Å². The normalized spacial score (nSPS) is 10.6. The van der Waals surface area contributed by atoms with Crippen LogP contribution in [0.3, 0.4) is 0 Å². The van der Waals surface area contributed by atoms with Gasteiger partial charge >= 0.3 is 59.1 Å². The number of unbranched alkanes of at least 4 members (excludes halogenated alkanes) is 9. The fraction of sp³-hybridized carbons (Fsp3) is 1.00. The van der Waals surface area contributed by atoms with Crippen molar-refractivity contribution in [2.24, 2.45) is 0 Å². The number of ether oxygens (including phenoxy) is 5. The maximum Gasteiger partial charge on any atom is 1.00 e. The van der Waals surface area contributed by atoms with Gasteiger partial charge < -0.3 is 33.9 Å². The molecule has 0 amide bonds. The van der Waals surface area contributed by atoms with Gasteiger partial charge in [-0.2, -0.15) is 0 Å². The Bertz CT molecular complexity index is 265. The summed E-state index contributed by atoms with van der Waals surface area (Å²) in [6.45, 7) is 5.27. The van der Waals surface area contributed by atoms with Crippen molar-refractivity contribution in [3.05, 3.63) is 0 Å². The average molecular weight is 467 g/mol. The molecular formula is C22H44Na2O7. The Morgan fingerprint density at radius 1 is 0.290 bits per heavy atom. The molecule has 0 fully saturated rings. The summed E-state index contributed by atoms with van der Waals surface area (Å²) in [6.07, 6.45) is 12.0. The maximum atomic E-state index is 10.3. The number of hydrogen-bond acceptors (Lipinski definition) is 7. The minimum absolute atomic E-state index is 0. The van der Waals surface area contributed by atoms with Crippen LogP contribution in [0.15, 0.2) is 0 Å². The number of hydrogen-bond donors (Lipinski definition) is 0. The zero-order chi connectivity index (χ0) is 21.1. The van der Waals surface area contributed by atoms with Crippen LogP contribution in [0.4, 0.5) is 0 Å². The van der Waals surface area contributed by atoms with E-state index >= 15 is 0 Å². The Labute approximate surface area is 234 Å². The van der Waals surface area contributed by atoms with Gasteiger partial charge in [0, 0.05) is 13.2 Å². The molecule has 0 N–H and O–H groups in total. The van der Waals surface area contributed by atoms with E-state index in [0.717, 1.165) is 25.9 Å². The van der Waals surface area contributed by atoms with Gasteiger partial charge in [0.15, 0.2) is 0 Å². The predicted octanol–water partition coefficient (Wildman–Crippen LogP) is -4.30. The first kappa shape index (κ1) is 37.3. The molecule has 9 heteroatoms. The predicted molar refractivity (Wildman–Crippen MR) is 110 cm³/mol. The molecular weight excluding hydrogens is 422 g/mol. The van der Waals surface area contributed by atoms with Crippen molar-refractivity contribution in [1.29, 1.82) is 0 Å². The standard InChI is InChI=1S/C22H44O7.2Na/c23-11-9-7-5-3-1-2-4-6-8-10-13-25-15-17-27-19-21-29-22-20-28-18-16-26-14-12-24;;/h1-22H2;;/q-2;2*+1. The van der Waals surface area contributed by atoms with E-state index in [1.165, 1.54) is 44.9 Å². The first-order valence-electron chi connectivity index (χ1n) is 11.5. The molecule has 0 atom stereocenters. The second-order valence-corrected chi connectivity index (χ2v) is 7.01. The van der Waals surface area contributed by atoms with Crippen molar-refractivity contribution in [3.63, 3.8) is 0 Å². The summed E-state index contributed by atoms with van der Waals surface area (Å²) >= 11 is 0. The van der Waals surface area contributed by atoms with Gasteiger partial charge in [0.25, 0.3) is 0 Å². The van der Waals surface area contributed by atoms with Crippen molar-refractivity contribution in [1.82, 2.24) is 0 Å². The van der Waals surface area contributed by atoms with E-state index < -0.39 is 0 Å². The molecule has 0 aliphatic rings. The molecule has 0 aromatic carbocycles. The van der Waals surface area contributed by atoms with Crippen molar-refractivity contribution in [2.75, 3.05) is 79.3 Å². The molecule has 0 saturated carbocycles. The summed E-state index contributed by atoms with van der Waals surface area (Å²) in [5, 5.41) is 20.5. The molecule has 176 valence electrons. The van der Waals surface area contributed by atoms with Gasteiger partial charge in [-0.05, 0) is 6.42 Å². The molecule has 0 aromatic heterocycles. The molecule has 0 rings (SSSR count). The molecule has 0 spiro atoms. The first-order valence-corrected chi connectivity index (χ1v) is 11.5. The summed E-state index contributed by atoms with van der Waals surface area (Å²) in [5.41, 5.74) is 0. The van der Waals surface area contributed by atoms with Gasteiger partial charge in [0.2, 0.25) is 0 Å². The third-order valence-corrected chi connectivity index (χ3v) is 4.40. The second-order valence-electron chi connectivity index (χ2n) is 7.01. The monoisotopic (exact) mass is 466 g/mol. The molecule has 0 aromatic rings. The summed E-state index contributed by atoms with van der Waals surface area (Å²) in [4.78, 5) is 0. The third-order valence-electron chi connectivity index (χ3n) is 4.40. The molecule has 0 radical (unpaired) electrons. The molecule has 31 heavy (non-hydrogen) atoms. The summed E-state index contributed by atoms with van der Waals surface area (Å²) in [7, 11) is 0. The van der Waals surface area contributed by atoms with Gasteiger partial charge in [0.1, 0.15) is 0 Å². The first-order chi connectivity index (χ1) is 14.4. The molecule has 0 bridgehead atoms. The van der Waals surface area contributed by atoms with Gasteiger partial charge in [0.05, 0.1) is 52.9 Å². The van der Waals surface area contributed by atoms with Crippen molar-refractivity contribution < 1.29 is 93.0 Å². The van der Waals surface area contributed by atoms with E-state index in [-0.39, 0.29) is 78.9 Å². The summed E-state index contributed by atoms with van der Waals surface area (Å²) in [5.74, 6) is 0. The van der Waals surface area contributed by atoms with Crippen LogP contribution in [0.2, 0.25) is 0 Å². The van der Waals surface area contributed by atoms with Crippen LogP contribution in [0.1, 0.15) is 64.2 Å². The molecule has 0 aliphatic carbocycles. The Kier molecular flexibility index (Phi) is 43.6. The average Bonchev–Trinajstić information content (AvgIpc) is 2.74. The largest absolute Gasteiger partial charge is 1.00 e. The van der Waals surface area contributed by atoms with Crippen LogP contribution in [-0.4, -0.2) is 79.3 Å². The molecule has 0 saturated heterocycles. The van der Waals surface area contributed by atoms with E-state index in [9.17, 15) is 10.2 Å². The third kappa shape index (κ3) is 36.5. The van der Waals surface area contributed by atoms with Crippen LogP contribution in [0, 0.1) is 0 Å². The SMILES string of the molecule is [Na+].[Na+].[O-]CCCCCCCCCCCCOCCOCCOCCOCCOCC[O-]. The van der Waals surface area contributed by atoms with E-state index in [0.29, 0.717) is 52.9 Å². The van der Waals surface area contributed by atoms with E-state index in [2.05, 4.69) is 0 Å². The van der Waals surface area contributed by atoms with Crippen LogP contribution in [0.25, 0.3) is 0 Å². The van der Waals surface area contributed by atoms with Crippen molar-refractivity contribution in [2.45, 2.75) is 64.2 Å². The van der Waals surface area contributed by atoms with Crippen molar-refractivity contribution in [3.8, 4) is 0 Å². The summed E-state index contributed by atoms with van der Waals surface area (Å²) in [6, 6.07) is 0. The summed E-state index contributed by atoms with van der Waals surface area (Å²) < 4.78 is 26.7. The van der Waals surface area contributed by atoms with E-state index in [1.54, 1.807) is 0 Å². The minimum Gasteiger partial charge on any atom is -0.854 e. The fourth-order valence-corrected chi connectivity index (χ4v) is 2.76. The van der Waals surface area contributed by atoms with Gasteiger partial charge in [-0.25, -0.2) is 0 Å². The quantitative estimate of drug-likeness (QED) is 0.0941. The Hall–Kier alpha value is 1.72. The van der Waals surface area contributed by atoms with Crippen LogP contribution >= 0.6 is 0 Å². The van der Waals surface area contributed by atoms with Crippen molar-refractivity contribution >= 4 is 0 Å². The topological polar surface area (TPSA) is 92.3 Å². The van der Waals surface area contributed by atoms with Crippen LogP contribution in [0.5, 0.6) is 0 Å². The van der Waals surface area contributed by atoms with Crippen LogP contribution < -0.4 is 69.3 Å². The Morgan fingerprint density at radius 3 is 0.935 bits per heavy atom. The fourth-order valence-electron chi connectivity index (χ4n) is 2.76. The van der Waals surface area contributed by atoms with Gasteiger partial charge in [-0.15, -0.1) is 13.2 Å². The van der Waals surface area contributed by atoms with E-state index in [1.807, 2.05) is 0 Å². The second kappa shape index (κ2) is 36.3. The smallest absolute Gasteiger partial charge is 0.854 e. The molecule has 0 heterocycles. The van der Waals surface area contributed by atoms with Gasteiger partial charge in [-0.3, -0.25) is 0 Å².